The van der Waals surface area contributed by atoms with E-state index in [9.17, 15) is 4.79 Å². The molecular formula is C11H21NO5. The van der Waals surface area contributed by atoms with Gasteiger partial charge in [-0.05, 0) is 19.3 Å². The first kappa shape index (κ1) is 14.4. The standard InChI is InChI=1S/C11H21NO5/c1-7(11(16)17)12-4-10(12)9(2-3-13)8(5-14)6-15/h7-10,13-15H,2-6H2,1H3,(H,16,17). The third-order valence-corrected chi connectivity index (χ3v) is 3.58. The van der Waals surface area contributed by atoms with Crippen molar-refractivity contribution in [3.63, 3.8) is 0 Å². The average molecular weight is 247 g/mol. The molecule has 4 atom stereocenters. The van der Waals surface area contributed by atoms with E-state index in [1.807, 2.05) is 0 Å². The molecule has 1 rings (SSSR count). The molecule has 1 fully saturated rings. The molecule has 0 aromatic heterocycles. The molecule has 1 saturated heterocycles. The number of aliphatic hydroxyl groups excluding tert-OH is 3. The van der Waals surface area contributed by atoms with E-state index >= 15 is 0 Å². The monoisotopic (exact) mass is 247 g/mol. The van der Waals surface area contributed by atoms with Crippen molar-refractivity contribution >= 4 is 5.97 Å². The van der Waals surface area contributed by atoms with Crippen LogP contribution in [0.5, 0.6) is 0 Å². The van der Waals surface area contributed by atoms with Crippen LogP contribution in [0.25, 0.3) is 0 Å². The largest absolute Gasteiger partial charge is 0.480 e. The molecule has 0 spiro atoms. The highest BCUT2D eigenvalue weighted by Gasteiger charge is 2.47. The molecule has 0 amide bonds. The van der Waals surface area contributed by atoms with Crippen molar-refractivity contribution < 1.29 is 25.2 Å². The molecule has 0 bridgehead atoms. The summed E-state index contributed by atoms with van der Waals surface area (Å²) < 4.78 is 0. The lowest BCUT2D eigenvalue weighted by atomic mass is 9.87. The summed E-state index contributed by atoms with van der Waals surface area (Å²) in [7, 11) is 0. The van der Waals surface area contributed by atoms with E-state index in [1.54, 1.807) is 11.8 Å². The number of hydrogen-bond acceptors (Lipinski definition) is 5. The van der Waals surface area contributed by atoms with Crippen molar-refractivity contribution in [2.45, 2.75) is 25.4 Å². The molecule has 6 heteroatoms. The Morgan fingerprint density at radius 2 is 1.94 bits per heavy atom. The highest BCUT2D eigenvalue weighted by atomic mass is 16.4. The van der Waals surface area contributed by atoms with Gasteiger partial charge in [0.1, 0.15) is 6.04 Å². The minimum atomic E-state index is -0.875. The van der Waals surface area contributed by atoms with Crippen LogP contribution in [0.15, 0.2) is 0 Å². The molecule has 0 aliphatic carbocycles. The zero-order valence-corrected chi connectivity index (χ0v) is 9.99. The van der Waals surface area contributed by atoms with Gasteiger partial charge in [0.25, 0.3) is 0 Å². The predicted molar refractivity (Wildman–Crippen MR) is 60.4 cm³/mol. The van der Waals surface area contributed by atoms with Crippen molar-refractivity contribution in [3.05, 3.63) is 0 Å². The van der Waals surface area contributed by atoms with Crippen LogP contribution < -0.4 is 0 Å². The maximum Gasteiger partial charge on any atom is 0.320 e. The van der Waals surface area contributed by atoms with E-state index in [0.717, 1.165) is 0 Å². The predicted octanol–water partition coefficient (Wildman–Crippen LogP) is -1.26. The summed E-state index contributed by atoms with van der Waals surface area (Å²) in [6.45, 7) is 1.95. The van der Waals surface area contributed by atoms with Crippen LogP contribution in [-0.2, 0) is 4.79 Å². The molecule has 0 saturated carbocycles. The SMILES string of the molecule is CC(C(=O)O)N1CC1C(CCO)C(CO)CO. The molecule has 0 aromatic carbocycles. The van der Waals surface area contributed by atoms with Crippen LogP contribution in [0, 0.1) is 11.8 Å². The lowest BCUT2D eigenvalue weighted by Crippen LogP contribution is -2.33. The molecule has 17 heavy (non-hydrogen) atoms. The number of rotatable bonds is 8. The van der Waals surface area contributed by atoms with E-state index in [1.165, 1.54) is 0 Å². The normalized spacial score (nSPS) is 26.9. The van der Waals surface area contributed by atoms with E-state index in [4.69, 9.17) is 20.4 Å². The average Bonchev–Trinajstić information content (AvgIpc) is 3.08. The van der Waals surface area contributed by atoms with Gasteiger partial charge in [-0.2, -0.15) is 0 Å². The maximum atomic E-state index is 10.8. The summed E-state index contributed by atoms with van der Waals surface area (Å²) in [5, 5.41) is 36.2. The number of carboxylic acid groups (broad SMARTS) is 1. The molecule has 4 N–H and O–H groups in total. The number of aliphatic hydroxyl groups is 3. The van der Waals surface area contributed by atoms with Crippen molar-refractivity contribution in [2.24, 2.45) is 11.8 Å². The van der Waals surface area contributed by atoms with Gasteiger partial charge in [0.2, 0.25) is 0 Å². The van der Waals surface area contributed by atoms with Gasteiger partial charge in [0.15, 0.2) is 0 Å². The summed E-state index contributed by atoms with van der Waals surface area (Å²) in [5.74, 6) is -1.23. The van der Waals surface area contributed by atoms with Crippen LogP contribution in [-0.4, -0.2) is 69.7 Å². The third kappa shape index (κ3) is 3.38. The Hall–Kier alpha value is -0.690. The van der Waals surface area contributed by atoms with E-state index in [2.05, 4.69) is 0 Å². The molecule has 6 nitrogen and oxygen atoms in total. The molecule has 100 valence electrons. The Bertz CT molecular complexity index is 256. The Morgan fingerprint density at radius 1 is 1.35 bits per heavy atom. The van der Waals surface area contributed by atoms with E-state index < -0.39 is 12.0 Å². The second kappa shape index (κ2) is 6.30. The molecular weight excluding hydrogens is 226 g/mol. The summed E-state index contributed by atoms with van der Waals surface area (Å²) in [4.78, 5) is 12.6. The van der Waals surface area contributed by atoms with Crippen molar-refractivity contribution in [1.82, 2.24) is 4.90 Å². The first-order chi connectivity index (χ1) is 8.06. The van der Waals surface area contributed by atoms with Crippen molar-refractivity contribution in [1.29, 1.82) is 0 Å². The summed E-state index contributed by atoms with van der Waals surface area (Å²) in [5.41, 5.74) is 0. The molecule has 1 aliphatic rings. The molecule has 1 heterocycles. The fourth-order valence-electron chi connectivity index (χ4n) is 2.36. The minimum absolute atomic E-state index is 0.0209. The Kier molecular flexibility index (Phi) is 5.32. The van der Waals surface area contributed by atoms with E-state index in [-0.39, 0.29) is 37.7 Å². The zero-order valence-electron chi connectivity index (χ0n) is 9.99. The number of carbonyl (C=O) groups is 1. The molecule has 0 aromatic rings. The number of nitrogens with zero attached hydrogens (tertiary/aromatic N) is 1. The quantitative estimate of drug-likeness (QED) is 0.400. The van der Waals surface area contributed by atoms with Crippen LogP contribution in [0.1, 0.15) is 13.3 Å². The lowest BCUT2D eigenvalue weighted by molar-refractivity contribution is -0.140. The van der Waals surface area contributed by atoms with Gasteiger partial charge >= 0.3 is 5.97 Å². The van der Waals surface area contributed by atoms with Gasteiger partial charge in [-0.25, -0.2) is 0 Å². The first-order valence-corrected chi connectivity index (χ1v) is 5.87. The lowest BCUT2D eigenvalue weighted by Gasteiger charge is -2.24. The van der Waals surface area contributed by atoms with Crippen LogP contribution in [0.3, 0.4) is 0 Å². The fraction of sp³-hybridized carbons (Fsp3) is 0.909. The van der Waals surface area contributed by atoms with Gasteiger partial charge < -0.3 is 20.4 Å². The first-order valence-electron chi connectivity index (χ1n) is 5.87. The van der Waals surface area contributed by atoms with Crippen LogP contribution in [0.2, 0.25) is 0 Å². The van der Waals surface area contributed by atoms with Gasteiger partial charge in [0.05, 0.1) is 0 Å². The third-order valence-electron chi connectivity index (χ3n) is 3.58. The second-order valence-electron chi connectivity index (χ2n) is 4.58. The van der Waals surface area contributed by atoms with Crippen molar-refractivity contribution in [3.8, 4) is 0 Å². The topological polar surface area (TPSA) is 101 Å². The number of hydrogen-bond donors (Lipinski definition) is 4. The van der Waals surface area contributed by atoms with Gasteiger partial charge in [-0.15, -0.1) is 0 Å². The highest BCUT2D eigenvalue weighted by Crippen LogP contribution is 2.34. The molecule has 1 aliphatic heterocycles. The number of carboxylic acids is 1. The second-order valence-corrected chi connectivity index (χ2v) is 4.58. The van der Waals surface area contributed by atoms with Gasteiger partial charge in [0, 0.05) is 38.3 Å². The highest BCUT2D eigenvalue weighted by molar-refractivity contribution is 5.73. The van der Waals surface area contributed by atoms with Crippen molar-refractivity contribution in [2.75, 3.05) is 26.4 Å². The van der Waals surface area contributed by atoms with Crippen LogP contribution in [0.4, 0.5) is 0 Å². The van der Waals surface area contributed by atoms with Gasteiger partial charge in [-0.3, -0.25) is 9.69 Å². The summed E-state index contributed by atoms with van der Waals surface area (Å²) >= 11 is 0. The van der Waals surface area contributed by atoms with Gasteiger partial charge in [-0.1, -0.05) is 0 Å². The van der Waals surface area contributed by atoms with E-state index in [0.29, 0.717) is 13.0 Å². The Balaban J connectivity index is 2.59. The number of aliphatic carboxylic acids is 1. The summed E-state index contributed by atoms with van der Waals surface area (Å²) in [6, 6.07) is -0.517. The Morgan fingerprint density at radius 3 is 2.35 bits per heavy atom. The maximum absolute atomic E-state index is 10.8. The Labute approximate surface area is 100 Å². The van der Waals surface area contributed by atoms with Crippen LogP contribution >= 0.6 is 0 Å². The fourth-order valence-corrected chi connectivity index (χ4v) is 2.36. The minimum Gasteiger partial charge on any atom is -0.480 e. The summed E-state index contributed by atoms with van der Waals surface area (Å²) in [6.07, 6.45) is 0.472. The smallest absolute Gasteiger partial charge is 0.320 e. The molecule has 4 unspecified atom stereocenters. The zero-order chi connectivity index (χ0) is 13.0. The molecule has 0 radical (unpaired) electrons.